The highest BCUT2D eigenvalue weighted by atomic mass is 19.1. The summed E-state index contributed by atoms with van der Waals surface area (Å²) in [6.07, 6.45) is 0. The molecule has 0 radical (unpaired) electrons. The summed E-state index contributed by atoms with van der Waals surface area (Å²) in [5.74, 6) is 0.563. The maximum Gasteiger partial charge on any atom is 0.123 e. The van der Waals surface area contributed by atoms with E-state index in [2.05, 4.69) is 5.32 Å². The van der Waals surface area contributed by atoms with Crippen LogP contribution in [0.5, 0.6) is 5.75 Å². The summed E-state index contributed by atoms with van der Waals surface area (Å²) >= 11 is 0. The minimum Gasteiger partial charge on any atom is -0.497 e. The van der Waals surface area contributed by atoms with Crippen LogP contribution in [0.4, 0.5) is 10.1 Å². The van der Waals surface area contributed by atoms with Gasteiger partial charge >= 0.3 is 0 Å². The van der Waals surface area contributed by atoms with Gasteiger partial charge in [0.15, 0.2) is 0 Å². The van der Waals surface area contributed by atoms with Crippen molar-refractivity contribution < 1.29 is 9.13 Å². The van der Waals surface area contributed by atoms with E-state index in [0.717, 1.165) is 22.6 Å². The van der Waals surface area contributed by atoms with E-state index >= 15 is 0 Å². The van der Waals surface area contributed by atoms with Crippen molar-refractivity contribution in [3.05, 3.63) is 48.3 Å². The molecule has 0 bridgehead atoms. The molecule has 2 aromatic carbocycles. The molecule has 0 spiro atoms. The Labute approximate surface area is 100 Å². The largest absolute Gasteiger partial charge is 0.497 e. The van der Waals surface area contributed by atoms with Gasteiger partial charge < -0.3 is 10.1 Å². The predicted molar refractivity (Wildman–Crippen MR) is 67.9 cm³/mol. The smallest absolute Gasteiger partial charge is 0.123 e. The molecule has 0 heterocycles. The molecule has 0 aliphatic heterocycles. The Morgan fingerprint density at radius 3 is 2.35 bits per heavy atom. The Kier molecular flexibility index (Phi) is 3.28. The predicted octanol–water partition coefficient (Wildman–Crippen LogP) is 3.54. The van der Waals surface area contributed by atoms with E-state index in [1.165, 1.54) is 12.1 Å². The number of halogens is 1. The van der Waals surface area contributed by atoms with E-state index in [-0.39, 0.29) is 5.82 Å². The highest BCUT2D eigenvalue weighted by molar-refractivity contribution is 5.78. The van der Waals surface area contributed by atoms with E-state index in [0.29, 0.717) is 0 Å². The zero-order chi connectivity index (χ0) is 12.3. The maximum atomic E-state index is 12.9. The number of hydrogen-bond donors (Lipinski definition) is 1. The topological polar surface area (TPSA) is 21.3 Å². The molecule has 0 fully saturated rings. The monoisotopic (exact) mass is 231 g/mol. The molecule has 2 nitrogen and oxygen atoms in total. The standard InChI is InChI=1S/C14H14FNO/c1-16-14-9-12(17-2)7-8-13(14)10-3-5-11(15)6-4-10/h3-9,16H,1-2H3. The highest BCUT2D eigenvalue weighted by Gasteiger charge is 2.05. The molecule has 0 saturated heterocycles. The van der Waals surface area contributed by atoms with Crippen molar-refractivity contribution in [3.63, 3.8) is 0 Å². The Hall–Kier alpha value is -2.03. The first-order valence-electron chi connectivity index (χ1n) is 5.36. The van der Waals surface area contributed by atoms with Crippen LogP contribution in [0, 0.1) is 5.82 Å². The second-order valence-corrected chi connectivity index (χ2v) is 3.67. The van der Waals surface area contributed by atoms with Crippen molar-refractivity contribution in [3.8, 4) is 16.9 Å². The lowest BCUT2D eigenvalue weighted by atomic mass is 10.0. The van der Waals surface area contributed by atoms with Crippen molar-refractivity contribution in [1.82, 2.24) is 0 Å². The first-order chi connectivity index (χ1) is 8.24. The Morgan fingerprint density at radius 1 is 1.06 bits per heavy atom. The number of ether oxygens (including phenoxy) is 1. The van der Waals surface area contributed by atoms with Crippen molar-refractivity contribution in [2.45, 2.75) is 0 Å². The molecule has 88 valence electrons. The lowest BCUT2D eigenvalue weighted by Gasteiger charge is -2.11. The zero-order valence-electron chi connectivity index (χ0n) is 9.83. The van der Waals surface area contributed by atoms with E-state index in [1.54, 1.807) is 19.2 Å². The number of anilines is 1. The Morgan fingerprint density at radius 2 is 1.76 bits per heavy atom. The maximum absolute atomic E-state index is 12.9. The normalized spacial score (nSPS) is 10.1. The summed E-state index contributed by atoms with van der Waals surface area (Å²) < 4.78 is 18.0. The van der Waals surface area contributed by atoms with E-state index in [4.69, 9.17) is 4.74 Å². The fourth-order valence-electron chi connectivity index (χ4n) is 1.74. The molecular formula is C14H14FNO. The zero-order valence-corrected chi connectivity index (χ0v) is 9.83. The minimum absolute atomic E-state index is 0.228. The van der Waals surface area contributed by atoms with E-state index < -0.39 is 0 Å². The molecule has 0 unspecified atom stereocenters. The number of benzene rings is 2. The van der Waals surface area contributed by atoms with Gasteiger partial charge in [0.1, 0.15) is 11.6 Å². The van der Waals surface area contributed by atoms with Crippen LogP contribution in [0.3, 0.4) is 0 Å². The molecule has 2 rings (SSSR count). The summed E-state index contributed by atoms with van der Waals surface area (Å²) in [5, 5.41) is 3.11. The molecule has 17 heavy (non-hydrogen) atoms. The number of hydrogen-bond acceptors (Lipinski definition) is 2. The first-order valence-corrected chi connectivity index (χ1v) is 5.36. The van der Waals surface area contributed by atoms with Gasteiger partial charge in [0, 0.05) is 24.4 Å². The van der Waals surface area contributed by atoms with Crippen molar-refractivity contribution in [1.29, 1.82) is 0 Å². The van der Waals surface area contributed by atoms with Crippen LogP contribution in [-0.2, 0) is 0 Å². The molecule has 3 heteroatoms. The summed E-state index contributed by atoms with van der Waals surface area (Å²) in [4.78, 5) is 0. The van der Waals surface area contributed by atoms with Crippen LogP contribution in [0.1, 0.15) is 0 Å². The average molecular weight is 231 g/mol. The third-order valence-corrected chi connectivity index (χ3v) is 2.65. The summed E-state index contributed by atoms with van der Waals surface area (Å²) in [5.41, 5.74) is 2.95. The van der Waals surface area contributed by atoms with Crippen LogP contribution < -0.4 is 10.1 Å². The average Bonchev–Trinajstić information content (AvgIpc) is 2.39. The van der Waals surface area contributed by atoms with Crippen LogP contribution >= 0.6 is 0 Å². The second-order valence-electron chi connectivity index (χ2n) is 3.67. The molecule has 0 amide bonds. The lowest BCUT2D eigenvalue weighted by Crippen LogP contribution is -1.93. The molecule has 0 saturated carbocycles. The minimum atomic E-state index is -0.228. The van der Waals surface area contributed by atoms with Crippen molar-refractivity contribution in [2.24, 2.45) is 0 Å². The fraction of sp³-hybridized carbons (Fsp3) is 0.143. The Bertz CT molecular complexity index is 508. The lowest BCUT2D eigenvalue weighted by molar-refractivity contribution is 0.415. The van der Waals surface area contributed by atoms with Crippen molar-refractivity contribution >= 4 is 5.69 Å². The van der Waals surface area contributed by atoms with Gasteiger partial charge in [0.05, 0.1) is 7.11 Å². The van der Waals surface area contributed by atoms with Gasteiger partial charge in [-0.15, -0.1) is 0 Å². The summed E-state index contributed by atoms with van der Waals surface area (Å²) in [7, 11) is 3.48. The van der Waals surface area contributed by atoms with Gasteiger partial charge in [0.2, 0.25) is 0 Å². The first kappa shape index (κ1) is 11.5. The van der Waals surface area contributed by atoms with Crippen LogP contribution in [0.2, 0.25) is 0 Å². The number of methoxy groups -OCH3 is 1. The van der Waals surface area contributed by atoms with Gasteiger partial charge in [-0.05, 0) is 29.8 Å². The van der Waals surface area contributed by atoms with Crippen molar-refractivity contribution in [2.75, 3.05) is 19.5 Å². The van der Waals surface area contributed by atoms with E-state index in [9.17, 15) is 4.39 Å². The van der Waals surface area contributed by atoms with Gasteiger partial charge in [-0.1, -0.05) is 12.1 Å². The van der Waals surface area contributed by atoms with Crippen LogP contribution in [0.25, 0.3) is 11.1 Å². The van der Waals surface area contributed by atoms with Crippen LogP contribution in [0.15, 0.2) is 42.5 Å². The number of rotatable bonds is 3. The molecule has 2 aromatic rings. The van der Waals surface area contributed by atoms with Gasteiger partial charge in [-0.25, -0.2) is 4.39 Å². The fourth-order valence-corrected chi connectivity index (χ4v) is 1.74. The molecule has 1 N–H and O–H groups in total. The number of nitrogens with one attached hydrogen (secondary N) is 1. The van der Waals surface area contributed by atoms with Gasteiger partial charge in [-0.3, -0.25) is 0 Å². The quantitative estimate of drug-likeness (QED) is 0.872. The molecular weight excluding hydrogens is 217 g/mol. The SMILES string of the molecule is CNc1cc(OC)ccc1-c1ccc(F)cc1. The molecule has 0 aliphatic carbocycles. The molecule has 0 aliphatic rings. The Balaban J connectivity index is 2.47. The second kappa shape index (κ2) is 4.87. The molecule has 0 aromatic heterocycles. The third kappa shape index (κ3) is 2.38. The summed E-state index contributed by atoms with van der Waals surface area (Å²) in [6.45, 7) is 0. The van der Waals surface area contributed by atoms with E-state index in [1.807, 2.05) is 25.2 Å². The van der Waals surface area contributed by atoms with Gasteiger partial charge in [0.25, 0.3) is 0 Å². The third-order valence-electron chi connectivity index (χ3n) is 2.65. The highest BCUT2D eigenvalue weighted by Crippen LogP contribution is 2.31. The summed E-state index contributed by atoms with van der Waals surface area (Å²) in [6, 6.07) is 12.2. The van der Waals surface area contributed by atoms with Crippen LogP contribution in [-0.4, -0.2) is 14.2 Å². The molecule has 0 atom stereocenters. The van der Waals surface area contributed by atoms with Gasteiger partial charge in [-0.2, -0.15) is 0 Å².